The van der Waals surface area contributed by atoms with Crippen molar-refractivity contribution in [3.63, 3.8) is 0 Å². The van der Waals surface area contributed by atoms with Crippen LogP contribution in [0.2, 0.25) is 0 Å². The molecule has 0 spiro atoms. The molecule has 0 radical (unpaired) electrons. The quantitative estimate of drug-likeness (QED) is 0.382. The Morgan fingerprint density at radius 1 is 1.04 bits per heavy atom. The molecule has 136 valence electrons. The second kappa shape index (κ2) is 8.19. The molecule has 0 unspecified atom stereocenters. The number of ketones is 2. The van der Waals surface area contributed by atoms with Gasteiger partial charge in [-0.1, -0.05) is 0 Å². The first-order valence-electron chi connectivity index (χ1n) is 7.28. The summed E-state index contributed by atoms with van der Waals surface area (Å²) in [5.74, 6) is 0.472. The summed E-state index contributed by atoms with van der Waals surface area (Å²) in [6.07, 6.45) is 0. The molecular weight excluding hydrogens is 788 g/mol. The van der Waals surface area contributed by atoms with Gasteiger partial charge in [0.1, 0.15) is 0 Å². The van der Waals surface area contributed by atoms with E-state index in [4.69, 9.17) is 6.13 Å². The van der Waals surface area contributed by atoms with Gasteiger partial charge in [-0.05, 0) is 0 Å². The van der Waals surface area contributed by atoms with Crippen molar-refractivity contribution in [1.82, 2.24) is 0 Å². The van der Waals surface area contributed by atoms with Crippen LogP contribution in [0.5, 0.6) is 11.5 Å². The third kappa shape index (κ3) is 3.43. The Morgan fingerprint density at radius 3 is 2.27 bits per heavy atom. The van der Waals surface area contributed by atoms with Crippen molar-refractivity contribution in [3.05, 3.63) is 63.3 Å². The molecule has 8 heteroatoms. The zero-order chi connectivity index (χ0) is 19.2. The number of hydrogen-bond acceptors (Lipinski definition) is 4. The molecule has 4 nitrogen and oxygen atoms in total. The van der Waals surface area contributed by atoms with Crippen LogP contribution in [0.4, 0.5) is 0 Å². The molecule has 1 aliphatic rings. The van der Waals surface area contributed by atoms with Gasteiger partial charge in [0.2, 0.25) is 0 Å². The number of allylic oxidation sites excluding steroid dienone is 1. The summed E-state index contributed by atoms with van der Waals surface area (Å²) >= 11 is 4.96. The van der Waals surface area contributed by atoms with Crippen molar-refractivity contribution in [3.8, 4) is 11.5 Å². The number of aryl methyl sites for hydroxylation is 1. The monoisotopic (exact) mass is 799 g/mol. The number of hydrogen-bond donors (Lipinski definition) is 0. The summed E-state index contributed by atoms with van der Waals surface area (Å²) in [5, 5.41) is 0. The van der Waals surface area contributed by atoms with Gasteiger partial charge in [-0.3, -0.25) is 0 Å². The van der Waals surface area contributed by atoms with E-state index in [1.165, 1.54) is 0 Å². The van der Waals surface area contributed by atoms with E-state index in [2.05, 4.69) is 29.2 Å². The molecule has 0 saturated heterocycles. The number of rotatable bonds is 4. The molecule has 0 bridgehead atoms. The number of benzene rings is 2. The van der Waals surface area contributed by atoms with Gasteiger partial charge in [0.15, 0.2) is 0 Å². The molecular formula is C18H11I4O4-. The van der Waals surface area contributed by atoms with Crippen molar-refractivity contribution >= 4 is 80.2 Å². The van der Waals surface area contributed by atoms with E-state index >= 15 is 0 Å². The van der Waals surface area contributed by atoms with E-state index in [0.717, 1.165) is 16.3 Å². The topological polar surface area (TPSA) is 52.6 Å². The molecule has 2 aromatic rings. The number of carbonyl (C=O) groups is 2. The minimum absolute atomic E-state index is 0.189. The van der Waals surface area contributed by atoms with Gasteiger partial charge in [0.05, 0.1) is 0 Å². The average Bonchev–Trinajstić information content (AvgIpc) is 2.58. The molecule has 1 aliphatic carbocycles. The zero-order valence-corrected chi connectivity index (χ0v) is 22.2. The maximum atomic E-state index is 13.5. The molecule has 26 heavy (non-hydrogen) atoms. The van der Waals surface area contributed by atoms with E-state index in [9.17, 15) is 9.59 Å². The van der Waals surface area contributed by atoms with E-state index < -0.39 is 21.2 Å². The number of fused-ring (bicyclic) bond motifs is 2. The second-order valence-corrected chi connectivity index (χ2v) is 11.2. The second-order valence-electron chi connectivity index (χ2n) is 5.63. The molecule has 0 fully saturated rings. The van der Waals surface area contributed by atoms with Gasteiger partial charge >= 0.3 is 206 Å². The van der Waals surface area contributed by atoms with Crippen LogP contribution in [0.1, 0.15) is 44.3 Å². The van der Waals surface area contributed by atoms with Gasteiger partial charge in [-0.2, -0.15) is 0 Å². The molecule has 0 aliphatic heterocycles. The molecule has 0 amide bonds. The van der Waals surface area contributed by atoms with E-state index in [1.807, 2.05) is 19.9 Å². The van der Waals surface area contributed by atoms with Crippen molar-refractivity contribution in [1.29, 1.82) is 0 Å². The standard InChI is InChI=1S/C18H11I4O4/c1-7(2)22-10-6-8(3)18(26-21)15-13(10)17(24)14-11(25-20)5-4-9(19)12(14)16(15)23/h4-6H,1H2,2-3H3/q-1. The minimum atomic E-state index is -0.614. The Bertz CT molecular complexity index is 982. The van der Waals surface area contributed by atoms with Gasteiger partial charge in [-0.25, -0.2) is 0 Å². The number of halogens is 4. The Hall–Kier alpha value is 0.0400. The van der Waals surface area contributed by atoms with Crippen LogP contribution >= 0.6 is 68.6 Å². The van der Waals surface area contributed by atoms with Gasteiger partial charge in [-0.15, -0.1) is 0 Å². The van der Waals surface area contributed by atoms with Crippen LogP contribution in [-0.2, 0) is 0 Å². The van der Waals surface area contributed by atoms with Crippen LogP contribution in [0.25, 0.3) is 0 Å². The first-order valence-corrected chi connectivity index (χ1v) is 12.3. The van der Waals surface area contributed by atoms with E-state index in [0.29, 0.717) is 33.8 Å². The van der Waals surface area contributed by atoms with E-state index in [1.54, 1.807) is 58.1 Å². The Morgan fingerprint density at radius 2 is 1.69 bits per heavy atom. The predicted octanol–water partition coefficient (Wildman–Crippen LogP) is 2.62. The van der Waals surface area contributed by atoms with Crippen molar-refractivity contribution in [2.24, 2.45) is 0 Å². The van der Waals surface area contributed by atoms with Gasteiger partial charge < -0.3 is 0 Å². The van der Waals surface area contributed by atoms with Crippen LogP contribution in [0, 0.1) is 14.1 Å². The van der Waals surface area contributed by atoms with E-state index in [-0.39, 0.29) is 11.6 Å². The summed E-state index contributed by atoms with van der Waals surface area (Å²) in [6.45, 7) is 7.84. The fourth-order valence-corrected chi connectivity index (χ4v) is 6.89. The van der Waals surface area contributed by atoms with Crippen molar-refractivity contribution in [2.45, 2.75) is 13.8 Å². The Balaban J connectivity index is 2.43. The molecule has 0 N–H and O–H groups in total. The summed E-state index contributed by atoms with van der Waals surface area (Å²) < 4.78 is 13.5. The fourth-order valence-electron chi connectivity index (χ4n) is 2.86. The fraction of sp³-hybridized carbons (Fsp3) is 0.111. The van der Waals surface area contributed by atoms with Crippen LogP contribution in [0.3, 0.4) is 0 Å². The summed E-state index contributed by atoms with van der Waals surface area (Å²) in [5.41, 5.74) is 2.36. The van der Waals surface area contributed by atoms with Gasteiger partial charge in [0.25, 0.3) is 0 Å². The van der Waals surface area contributed by atoms with Crippen LogP contribution in [0.15, 0.2) is 28.4 Å². The number of carbonyl (C=O) groups excluding carboxylic acids is 2. The van der Waals surface area contributed by atoms with Gasteiger partial charge in [0, 0.05) is 0 Å². The third-order valence-corrected chi connectivity index (χ3v) is 8.03. The Kier molecular flexibility index (Phi) is 6.54. The molecule has 3 rings (SSSR count). The molecule has 0 heterocycles. The van der Waals surface area contributed by atoms with Crippen molar-refractivity contribution < 1.29 is 36.9 Å². The first-order chi connectivity index (χ1) is 12.3. The first kappa shape index (κ1) is 20.8. The Labute approximate surface area is 203 Å². The molecule has 0 atom stereocenters. The summed E-state index contributed by atoms with van der Waals surface area (Å²) in [7, 11) is 0. The third-order valence-electron chi connectivity index (χ3n) is 3.87. The molecule has 2 aromatic carbocycles. The summed E-state index contributed by atoms with van der Waals surface area (Å²) in [6, 6.07) is 5.45. The normalized spacial score (nSPS) is 12.7. The average molecular weight is 799 g/mol. The van der Waals surface area contributed by atoms with Crippen LogP contribution < -0.4 is 27.3 Å². The zero-order valence-electron chi connectivity index (χ0n) is 13.6. The summed E-state index contributed by atoms with van der Waals surface area (Å²) in [4.78, 5) is 26.9. The van der Waals surface area contributed by atoms with Crippen molar-refractivity contribution in [2.75, 3.05) is 0 Å². The van der Waals surface area contributed by atoms with Crippen LogP contribution in [-0.4, -0.2) is 11.6 Å². The SMILES string of the molecule is C=C(C)[I-]c1cc(C)c(OI)c2c1C(=O)c1c(OI)ccc(I)c1C2=O. The molecule has 0 aromatic heterocycles. The molecule has 0 saturated carbocycles. The predicted molar refractivity (Wildman–Crippen MR) is 120 cm³/mol. The maximum absolute atomic E-state index is 13.5.